The molecule has 1 N–H and O–H groups in total. The third kappa shape index (κ3) is 3.88. The molecule has 1 aromatic rings. The van der Waals surface area contributed by atoms with Crippen LogP contribution < -0.4 is 10.9 Å². The number of aromatic nitrogens is 2. The number of carbonyl (C=O) groups excluding carboxylic acids is 2. The maximum absolute atomic E-state index is 12.1. The molecule has 0 saturated heterocycles. The van der Waals surface area contributed by atoms with Crippen LogP contribution >= 0.6 is 11.8 Å². The molecule has 1 aliphatic rings. The summed E-state index contributed by atoms with van der Waals surface area (Å²) in [7, 11) is 0. The van der Waals surface area contributed by atoms with Gasteiger partial charge >= 0.3 is 5.97 Å². The van der Waals surface area contributed by atoms with Crippen molar-refractivity contribution in [1.82, 2.24) is 14.9 Å². The van der Waals surface area contributed by atoms with Crippen LogP contribution in [0, 0.1) is 0 Å². The van der Waals surface area contributed by atoms with E-state index in [0.717, 1.165) is 5.69 Å². The van der Waals surface area contributed by atoms with E-state index < -0.39 is 5.97 Å². The van der Waals surface area contributed by atoms with E-state index in [1.54, 1.807) is 11.5 Å². The summed E-state index contributed by atoms with van der Waals surface area (Å²) in [6, 6.07) is 1.28. The van der Waals surface area contributed by atoms with Crippen molar-refractivity contribution in [2.75, 3.05) is 18.9 Å². The topological polar surface area (TPSA) is 90.3 Å². The van der Waals surface area contributed by atoms with Gasteiger partial charge in [0.25, 0.3) is 5.56 Å². The maximum atomic E-state index is 12.1. The molecule has 0 fully saturated rings. The predicted molar refractivity (Wildman–Crippen MR) is 81.9 cm³/mol. The first kappa shape index (κ1) is 16.5. The Balaban J connectivity index is 1.98. The fourth-order valence-electron chi connectivity index (χ4n) is 2.20. The maximum Gasteiger partial charge on any atom is 0.325 e. The number of carbonyl (C=O) groups is 2. The van der Waals surface area contributed by atoms with Gasteiger partial charge in [0.1, 0.15) is 6.54 Å². The number of hydrogen-bond donors (Lipinski definition) is 1. The summed E-state index contributed by atoms with van der Waals surface area (Å²) < 4.78 is 6.30. The van der Waals surface area contributed by atoms with Gasteiger partial charge in [0.15, 0.2) is 5.16 Å². The molecule has 1 amide bonds. The van der Waals surface area contributed by atoms with Crippen LogP contribution in [0.2, 0.25) is 0 Å². The van der Waals surface area contributed by atoms with E-state index in [2.05, 4.69) is 10.3 Å². The smallest absolute Gasteiger partial charge is 0.325 e. The highest BCUT2D eigenvalue weighted by molar-refractivity contribution is 7.99. The van der Waals surface area contributed by atoms with Crippen LogP contribution in [0.5, 0.6) is 0 Å². The summed E-state index contributed by atoms with van der Waals surface area (Å²) in [5, 5.41) is 3.17. The number of amides is 1. The predicted octanol–water partition coefficient (Wildman–Crippen LogP) is 0.522. The standard InChI is InChI=1S/C14H19N3O4S/c1-3-9-5-12(19)17-10(8-22-14(17)16-9)6-11(18)15-7-13(20)21-4-2/h5,10H,3-4,6-8H2,1-2H3,(H,15,18). The molecule has 1 unspecified atom stereocenters. The van der Waals surface area contributed by atoms with Crippen LogP contribution in [0.25, 0.3) is 0 Å². The van der Waals surface area contributed by atoms with Crippen LogP contribution in [0.1, 0.15) is 32.0 Å². The van der Waals surface area contributed by atoms with Gasteiger partial charge in [0.05, 0.1) is 12.6 Å². The summed E-state index contributed by atoms with van der Waals surface area (Å²) in [6.07, 6.45) is 0.848. The normalized spacial score (nSPS) is 16.2. The second-order valence-corrected chi connectivity index (χ2v) is 5.83. The molecule has 1 atom stereocenters. The molecule has 0 radical (unpaired) electrons. The van der Waals surface area contributed by atoms with E-state index in [-0.39, 0.29) is 37.1 Å². The Morgan fingerprint density at radius 3 is 2.95 bits per heavy atom. The number of fused-ring (bicyclic) bond motifs is 1. The van der Waals surface area contributed by atoms with Crippen LogP contribution in [-0.4, -0.2) is 40.3 Å². The lowest BCUT2D eigenvalue weighted by molar-refractivity contribution is -0.143. The highest BCUT2D eigenvalue weighted by atomic mass is 32.2. The number of esters is 1. The Morgan fingerprint density at radius 1 is 1.50 bits per heavy atom. The first-order valence-electron chi connectivity index (χ1n) is 7.22. The van der Waals surface area contributed by atoms with Gasteiger partial charge in [-0.05, 0) is 13.3 Å². The Kier molecular flexibility index (Phi) is 5.59. The van der Waals surface area contributed by atoms with Gasteiger partial charge in [-0.2, -0.15) is 0 Å². The lowest BCUT2D eigenvalue weighted by Crippen LogP contribution is -2.34. The van der Waals surface area contributed by atoms with Gasteiger partial charge in [-0.3, -0.25) is 19.0 Å². The number of nitrogens with zero attached hydrogens (tertiary/aromatic N) is 2. The molecule has 0 aromatic carbocycles. The fraction of sp³-hybridized carbons (Fsp3) is 0.571. The van der Waals surface area contributed by atoms with Crippen LogP contribution in [-0.2, 0) is 20.7 Å². The fourth-order valence-corrected chi connectivity index (χ4v) is 3.37. The van der Waals surface area contributed by atoms with Gasteiger partial charge in [-0.15, -0.1) is 0 Å². The zero-order valence-electron chi connectivity index (χ0n) is 12.6. The van der Waals surface area contributed by atoms with Crippen molar-refractivity contribution in [2.24, 2.45) is 0 Å². The molecule has 0 saturated carbocycles. The van der Waals surface area contributed by atoms with Gasteiger partial charge in [-0.25, -0.2) is 4.98 Å². The van der Waals surface area contributed by atoms with E-state index in [1.165, 1.54) is 17.8 Å². The lowest BCUT2D eigenvalue weighted by Gasteiger charge is -2.13. The highest BCUT2D eigenvalue weighted by Gasteiger charge is 2.27. The first-order valence-corrected chi connectivity index (χ1v) is 8.21. The highest BCUT2D eigenvalue weighted by Crippen LogP contribution is 2.31. The molecular formula is C14H19N3O4S. The third-order valence-corrected chi connectivity index (χ3v) is 4.36. The minimum atomic E-state index is -0.469. The second kappa shape index (κ2) is 7.44. The number of ether oxygens (including phenoxy) is 1. The van der Waals surface area contributed by atoms with Crippen molar-refractivity contribution in [2.45, 2.75) is 37.9 Å². The molecule has 0 spiro atoms. The quantitative estimate of drug-likeness (QED) is 0.606. The number of hydrogen-bond acceptors (Lipinski definition) is 6. The molecule has 2 rings (SSSR count). The largest absolute Gasteiger partial charge is 0.465 e. The van der Waals surface area contributed by atoms with Crippen molar-refractivity contribution in [3.63, 3.8) is 0 Å². The monoisotopic (exact) mass is 325 g/mol. The second-order valence-electron chi connectivity index (χ2n) is 4.84. The molecule has 8 heteroatoms. The number of aryl methyl sites for hydroxylation is 1. The zero-order valence-corrected chi connectivity index (χ0v) is 13.4. The first-order chi connectivity index (χ1) is 10.5. The molecule has 0 aliphatic carbocycles. The van der Waals surface area contributed by atoms with E-state index >= 15 is 0 Å². The Bertz CT molecular complexity index is 629. The van der Waals surface area contributed by atoms with Crippen LogP contribution in [0.3, 0.4) is 0 Å². The van der Waals surface area contributed by atoms with E-state index in [1.807, 2.05) is 6.92 Å². The number of nitrogens with one attached hydrogen (secondary N) is 1. The van der Waals surface area contributed by atoms with Crippen molar-refractivity contribution >= 4 is 23.6 Å². The molecular weight excluding hydrogens is 306 g/mol. The Morgan fingerprint density at radius 2 is 2.27 bits per heavy atom. The van der Waals surface area contributed by atoms with Gasteiger partial charge < -0.3 is 10.1 Å². The third-order valence-electron chi connectivity index (χ3n) is 3.26. The molecule has 0 bridgehead atoms. The van der Waals surface area contributed by atoms with Crippen LogP contribution in [0.4, 0.5) is 0 Å². The lowest BCUT2D eigenvalue weighted by atomic mass is 10.2. The SMILES string of the molecule is CCOC(=O)CNC(=O)CC1CSc2nc(CC)cc(=O)n21. The average molecular weight is 325 g/mol. The molecule has 7 nitrogen and oxygen atoms in total. The molecule has 1 aliphatic heterocycles. The summed E-state index contributed by atoms with van der Waals surface area (Å²) in [5.41, 5.74) is 0.631. The minimum Gasteiger partial charge on any atom is -0.465 e. The van der Waals surface area contributed by atoms with Crippen molar-refractivity contribution < 1.29 is 14.3 Å². The molecule has 120 valence electrons. The van der Waals surface area contributed by atoms with Crippen molar-refractivity contribution in [1.29, 1.82) is 0 Å². The number of rotatable bonds is 6. The Labute approximate surface area is 132 Å². The van der Waals surface area contributed by atoms with Gasteiger partial charge in [-0.1, -0.05) is 18.7 Å². The number of thioether (sulfide) groups is 1. The minimum absolute atomic E-state index is 0.130. The van der Waals surface area contributed by atoms with E-state index in [9.17, 15) is 14.4 Å². The van der Waals surface area contributed by atoms with E-state index in [4.69, 9.17) is 4.74 Å². The Hall–Kier alpha value is -1.83. The van der Waals surface area contributed by atoms with E-state index in [0.29, 0.717) is 17.3 Å². The van der Waals surface area contributed by atoms with Gasteiger partial charge in [0, 0.05) is 23.9 Å². The van der Waals surface area contributed by atoms with Gasteiger partial charge in [0.2, 0.25) is 5.91 Å². The molecule has 22 heavy (non-hydrogen) atoms. The molecule has 1 aromatic heterocycles. The van der Waals surface area contributed by atoms with Crippen molar-refractivity contribution in [3.8, 4) is 0 Å². The van der Waals surface area contributed by atoms with Crippen LogP contribution in [0.15, 0.2) is 16.0 Å². The summed E-state index contributed by atoms with van der Waals surface area (Å²) in [6.45, 7) is 3.78. The summed E-state index contributed by atoms with van der Waals surface area (Å²) >= 11 is 1.47. The summed E-state index contributed by atoms with van der Waals surface area (Å²) in [4.78, 5) is 39.6. The zero-order chi connectivity index (χ0) is 16.1. The summed E-state index contributed by atoms with van der Waals surface area (Å²) in [5.74, 6) is -0.121. The molecule has 2 heterocycles. The van der Waals surface area contributed by atoms with Crippen molar-refractivity contribution in [3.05, 3.63) is 22.1 Å². The average Bonchev–Trinajstić information content (AvgIpc) is 2.88.